The Kier molecular flexibility index (Phi) is 6.10. The van der Waals surface area contributed by atoms with Crippen LogP contribution in [0.3, 0.4) is 0 Å². The number of aryl methyl sites for hydroxylation is 5. The summed E-state index contributed by atoms with van der Waals surface area (Å²) in [5.74, 6) is -0.272. The maximum absolute atomic E-state index is 13.0. The number of nitrogens with one attached hydrogen (secondary N) is 1. The van der Waals surface area contributed by atoms with Gasteiger partial charge in [-0.3, -0.25) is 9.78 Å². The van der Waals surface area contributed by atoms with Gasteiger partial charge < -0.3 is 5.32 Å². The third-order valence-corrected chi connectivity index (χ3v) is 7.61. The lowest BCUT2D eigenvalue weighted by Gasteiger charge is -2.31. The summed E-state index contributed by atoms with van der Waals surface area (Å²) in [4.78, 5) is 17.5. The van der Waals surface area contributed by atoms with Gasteiger partial charge in [0.15, 0.2) is 0 Å². The molecule has 1 saturated heterocycles. The summed E-state index contributed by atoms with van der Waals surface area (Å²) in [7, 11) is -3.54. The van der Waals surface area contributed by atoms with E-state index in [1.54, 1.807) is 6.07 Å². The van der Waals surface area contributed by atoms with Crippen LogP contribution in [-0.2, 0) is 14.8 Å². The second kappa shape index (κ2) is 8.24. The number of benzene rings is 1. The summed E-state index contributed by atoms with van der Waals surface area (Å²) in [5.41, 5.74) is 5.24. The molecule has 0 spiro atoms. The van der Waals surface area contributed by atoms with Gasteiger partial charge in [0.2, 0.25) is 15.9 Å². The fourth-order valence-corrected chi connectivity index (χ4v) is 5.70. The summed E-state index contributed by atoms with van der Waals surface area (Å²) in [6, 6.07) is 7.32. The van der Waals surface area contributed by atoms with E-state index in [4.69, 9.17) is 0 Å². The van der Waals surface area contributed by atoms with Crippen molar-refractivity contribution in [3.05, 3.63) is 52.3 Å². The maximum Gasteiger partial charge on any atom is 0.243 e. The van der Waals surface area contributed by atoms with Crippen LogP contribution in [0, 0.1) is 40.5 Å². The predicted molar refractivity (Wildman–Crippen MR) is 114 cm³/mol. The first-order valence-electron chi connectivity index (χ1n) is 9.92. The lowest BCUT2D eigenvalue weighted by molar-refractivity contribution is -0.120. The molecule has 6 nitrogen and oxygen atoms in total. The summed E-state index contributed by atoms with van der Waals surface area (Å²) in [6.45, 7) is 10.2. The van der Waals surface area contributed by atoms with E-state index >= 15 is 0 Å². The van der Waals surface area contributed by atoms with E-state index in [1.165, 1.54) is 4.31 Å². The lowest BCUT2D eigenvalue weighted by Crippen LogP contribution is -2.41. The molecule has 0 radical (unpaired) electrons. The van der Waals surface area contributed by atoms with Crippen molar-refractivity contribution in [1.29, 1.82) is 0 Å². The Morgan fingerprint density at radius 3 is 2.28 bits per heavy atom. The van der Waals surface area contributed by atoms with Gasteiger partial charge in [0.1, 0.15) is 0 Å². The van der Waals surface area contributed by atoms with Crippen molar-refractivity contribution in [3.63, 3.8) is 0 Å². The molecule has 1 aliphatic heterocycles. The van der Waals surface area contributed by atoms with Crippen molar-refractivity contribution >= 4 is 21.6 Å². The average Bonchev–Trinajstić information content (AvgIpc) is 2.64. The van der Waals surface area contributed by atoms with Gasteiger partial charge >= 0.3 is 0 Å². The minimum atomic E-state index is -3.54. The smallest absolute Gasteiger partial charge is 0.243 e. The van der Waals surface area contributed by atoms with Crippen LogP contribution in [0.2, 0.25) is 0 Å². The summed E-state index contributed by atoms with van der Waals surface area (Å²) in [6.07, 6.45) is 1.01. The zero-order valence-corrected chi connectivity index (χ0v) is 18.6. The van der Waals surface area contributed by atoms with Crippen LogP contribution in [0.15, 0.2) is 29.2 Å². The number of sulfonamides is 1. The van der Waals surface area contributed by atoms with E-state index in [0.29, 0.717) is 30.8 Å². The number of carbonyl (C=O) groups excluding carboxylic acids is 1. The Labute approximate surface area is 173 Å². The maximum atomic E-state index is 13.0. The molecule has 1 amide bonds. The van der Waals surface area contributed by atoms with Gasteiger partial charge in [-0.1, -0.05) is 17.7 Å². The lowest BCUT2D eigenvalue weighted by atomic mass is 9.97. The topological polar surface area (TPSA) is 79.4 Å². The van der Waals surface area contributed by atoms with Gasteiger partial charge in [-0.05, 0) is 70.7 Å². The van der Waals surface area contributed by atoms with E-state index in [-0.39, 0.29) is 11.8 Å². The molecule has 1 fully saturated rings. The quantitative estimate of drug-likeness (QED) is 0.826. The zero-order chi connectivity index (χ0) is 21.3. The largest absolute Gasteiger partial charge is 0.324 e. The number of anilines is 1. The fourth-order valence-electron chi connectivity index (χ4n) is 4.02. The van der Waals surface area contributed by atoms with E-state index in [1.807, 2.05) is 52.8 Å². The molecule has 0 atom stereocenters. The Balaban J connectivity index is 1.68. The van der Waals surface area contributed by atoms with Gasteiger partial charge in [-0.25, -0.2) is 8.42 Å². The molecule has 156 valence electrons. The normalized spacial score (nSPS) is 16.0. The number of hydrogen-bond acceptors (Lipinski definition) is 4. The second-order valence-corrected chi connectivity index (χ2v) is 9.88. The SMILES string of the molecule is Cc1ccc(S(=O)(=O)N2CCC(C(=O)Nc3c(C)cc(C)nc3C)CC2)c(C)c1. The Bertz CT molecular complexity index is 1020. The van der Waals surface area contributed by atoms with Crippen molar-refractivity contribution < 1.29 is 13.2 Å². The van der Waals surface area contributed by atoms with Gasteiger partial charge in [0.05, 0.1) is 16.3 Å². The number of aromatic nitrogens is 1. The molecule has 3 rings (SSSR count). The van der Waals surface area contributed by atoms with Crippen LogP contribution in [0.25, 0.3) is 0 Å². The molecule has 0 aliphatic carbocycles. The van der Waals surface area contributed by atoms with E-state index in [9.17, 15) is 13.2 Å². The van der Waals surface area contributed by atoms with E-state index in [0.717, 1.165) is 33.8 Å². The van der Waals surface area contributed by atoms with Crippen LogP contribution >= 0.6 is 0 Å². The highest BCUT2D eigenvalue weighted by Crippen LogP contribution is 2.28. The highest BCUT2D eigenvalue weighted by Gasteiger charge is 2.33. The number of pyridine rings is 1. The number of rotatable bonds is 4. The molecule has 1 aromatic heterocycles. The molecule has 0 unspecified atom stereocenters. The number of nitrogens with zero attached hydrogens (tertiary/aromatic N) is 2. The molecule has 1 aromatic carbocycles. The molecule has 1 aliphatic rings. The van der Waals surface area contributed by atoms with Gasteiger partial charge in [-0.2, -0.15) is 4.31 Å². The standard InChI is InChI=1S/C22H29N3O3S/c1-14-6-7-20(15(2)12-14)29(27,28)25-10-8-19(9-11-25)22(26)24-21-16(3)13-17(4)23-18(21)5/h6-7,12-13,19H,8-11H2,1-5H3,(H,24,26). The first-order valence-corrected chi connectivity index (χ1v) is 11.4. The van der Waals surface area contributed by atoms with Crippen molar-refractivity contribution in [2.75, 3.05) is 18.4 Å². The highest BCUT2D eigenvalue weighted by molar-refractivity contribution is 7.89. The Morgan fingerprint density at radius 2 is 1.69 bits per heavy atom. The average molecular weight is 416 g/mol. The highest BCUT2D eigenvalue weighted by atomic mass is 32.2. The van der Waals surface area contributed by atoms with Crippen molar-refractivity contribution in [3.8, 4) is 0 Å². The van der Waals surface area contributed by atoms with E-state index < -0.39 is 10.0 Å². The molecule has 1 N–H and O–H groups in total. The van der Waals surface area contributed by atoms with Crippen molar-refractivity contribution in [1.82, 2.24) is 9.29 Å². The molecular weight excluding hydrogens is 386 g/mol. The summed E-state index contributed by atoms with van der Waals surface area (Å²) in [5, 5.41) is 3.01. The summed E-state index contributed by atoms with van der Waals surface area (Å²) >= 11 is 0. The van der Waals surface area contributed by atoms with Crippen LogP contribution in [0.5, 0.6) is 0 Å². The molecule has 0 saturated carbocycles. The number of amides is 1. The first kappa shape index (κ1) is 21.5. The summed E-state index contributed by atoms with van der Waals surface area (Å²) < 4.78 is 27.5. The molecular formula is C22H29N3O3S. The first-order chi connectivity index (χ1) is 13.6. The van der Waals surface area contributed by atoms with Crippen LogP contribution < -0.4 is 5.32 Å². The third-order valence-electron chi connectivity index (χ3n) is 5.55. The molecule has 7 heteroatoms. The minimum absolute atomic E-state index is 0.0644. The fraction of sp³-hybridized carbons (Fsp3) is 0.455. The second-order valence-electron chi connectivity index (χ2n) is 7.98. The molecule has 0 bridgehead atoms. The number of carbonyl (C=O) groups is 1. The monoisotopic (exact) mass is 415 g/mol. The number of hydrogen-bond donors (Lipinski definition) is 1. The van der Waals surface area contributed by atoms with Crippen LogP contribution in [0.4, 0.5) is 5.69 Å². The Hall–Kier alpha value is -2.25. The Morgan fingerprint density at radius 1 is 1.03 bits per heavy atom. The predicted octanol–water partition coefficient (Wildman–Crippen LogP) is 3.66. The third kappa shape index (κ3) is 4.51. The van der Waals surface area contributed by atoms with Crippen LogP contribution in [0.1, 0.15) is 40.9 Å². The number of piperidine rings is 1. The molecule has 29 heavy (non-hydrogen) atoms. The zero-order valence-electron chi connectivity index (χ0n) is 17.7. The van der Waals surface area contributed by atoms with Crippen LogP contribution in [-0.4, -0.2) is 36.7 Å². The van der Waals surface area contributed by atoms with Crippen molar-refractivity contribution in [2.24, 2.45) is 5.92 Å². The van der Waals surface area contributed by atoms with Gasteiger partial charge in [0.25, 0.3) is 0 Å². The minimum Gasteiger partial charge on any atom is -0.324 e. The molecule has 2 aromatic rings. The van der Waals surface area contributed by atoms with Gasteiger partial charge in [0, 0.05) is 24.7 Å². The van der Waals surface area contributed by atoms with Gasteiger partial charge in [-0.15, -0.1) is 0 Å². The van der Waals surface area contributed by atoms with E-state index in [2.05, 4.69) is 10.3 Å². The van der Waals surface area contributed by atoms with Crippen molar-refractivity contribution in [2.45, 2.75) is 52.4 Å². The molecule has 2 heterocycles.